The van der Waals surface area contributed by atoms with Gasteiger partial charge >= 0.3 is 0 Å². The van der Waals surface area contributed by atoms with Crippen molar-refractivity contribution in [2.24, 2.45) is 0 Å². The highest BCUT2D eigenvalue weighted by Crippen LogP contribution is 2.39. The first kappa shape index (κ1) is 27.7. The zero-order valence-corrected chi connectivity index (χ0v) is 22.6. The van der Waals surface area contributed by atoms with E-state index in [4.69, 9.17) is 9.72 Å². The Morgan fingerprint density at radius 2 is 1.82 bits per heavy atom. The highest BCUT2D eigenvalue weighted by molar-refractivity contribution is 7.86. The Morgan fingerprint density at radius 1 is 1.05 bits per heavy atom. The van der Waals surface area contributed by atoms with Gasteiger partial charge in [0.05, 0.1) is 33.6 Å². The summed E-state index contributed by atoms with van der Waals surface area (Å²) < 4.78 is 63.4. The Balaban J connectivity index is 1.69. The SMILES string of the molecule is CCOCCNc1nccc(-c2sc(C(C)C)nc2-c2ccc(F)c(NS(=O)c3c(F)cccc3F)c2)n1. The van der Waals surface area contributed by atoms with Crippen molar-refractivity contribution < 1.29 is 22.1 Å². The lowest BCUT2D eigenvalue weighted by atomic mass is 10.1. The summed E-state index contributed by atoms with van der Waals surface area (Å²) in [7, 11) is -2.38. The number of aromatic nitrogens is 3. The van der Waals surface area contributed by atoms with Crippen LogP contribution in [0.4, 0.5) is 24.8 Å². The van der Waals surface area contributed by atoms with Gasteiger partial charge in [-0.25, -0.2) is 32.3 Å². The number of anilines is 2. The van der Waals surface area contributed by atoms with Gasteiger partial charge in [-0.2, -0.15) is 0 Å². The maximum atomic E-state index is 14.7. The van der Waals surface area contributed by atoms with Gasteiger partial charge in [-0.1, -0.05) is 19.9 Å². The first-order chi connectivity index (χ1) is 18.3. The Hall–Kier alpha value is -3.35. The molecule has 1 unspecified atom stereocenters. The fourth-order valence-corrected chi connectivity index (χ4v) is 5.47. The molecular weight excluding hydrogens is 535 g/mol. The van der Waals surface area contributed by atoms with Crippen molar-refractivity contribution >= 4 is 34.0 Å². The van der Waals surface area contributed by atoms with Gasteiger partial charge in [0.15, 0.2) is 11.0 Å². The third kappa shape index (κ3) is 6.37. The van der Waals surface area contributed by atoms with Crippen LogP contribution in [0, 0.1) is 17.5 Å². The lowest BCUT2D eigenvalue weighted by Crippen LogP contribution is -2.11. The third-order valence-corrected chi connectivity index (χ3v) is 7.85. The molecule has 0 aliphatic heterocycles. The lowest BCUT2D eigenvalue weighted by Gasteiger charge is -2.11. The summed E-state index contributed by atoms with van der Waals surface area (Å²) in [5.41, 5.74) is 1.50. The Morgan fingerprint density at radius 3 is 2.53 bits per heavy atom. The van der Waals surface area contributed by atoms with Gasteiger partial charge in [-0.05, 0) is 43.3 Å². The van der Waals surface area contributed by atoms with E-state index in [1.165, 1.54) is 29.5 Å². The van der Waals surface area contributed by atoms with Crippen molar-refractivity contribution in [3.63, 3.8) is 0 Å². The average molecular weight is 562 g/mol. The molecule has 200 valence electrons. The minimum absolute atomic E-state index is 0.118. The summed E-state index contributed by atoms with van der Waals surface area (Å²) in [6, 6.07) is 9.03. The molecule has 0 bridgehead atoms. The fraction of sp³-hybridized carbons (Fsp3) is 0.269. The highest BCUT2D eigenvalue weighted by atomic mass is 32.2. The van der Waals surface area contributed by atoms with Crippen LogP contribution in [0.5, 0.6) is 0 Å². The van der Waals surface area contributed by atoms with Gasteiger partial charge in [0, 0.05) is 30.8 Å². The molecule has 0 spiro atoms. The molecule has 0 fully saturated rings. The van der Waals surface area contributed by atoms with E-state index >= 15 is 0 Å². The molecule has 7 nitrogen and oxygen atoms in total. The van der Waals surface area contributed by atoms with Crippen LogP contribution in [0.3, 0.4) is 0 Å². The van der Waals surface area contributed by atoms with Gasteiger partial charge < -0.3 is 10.1 Å². The molecule has 4 rings (SSSR count). The molecule has 1 atom stereocenters. The van der Waals surface area contributed by atoms with E-state index in [9.17, 15) is 17.4 Å². The molecular formula is C26H26F3N5O2S2. The van der Waals surface area contributed by atoms with Crippen LogP contribution in [0.2, 0.25) is 0 Å². The molecule has 4 aromatic rings. The molecule has 12 heteroatoms. The predicted octanol–water partition coefficient (Wildman–Crippen LogP) is 6.39. The summed E-state index contributed by atoms with van der Waals surface area (Å²) in [6.07, 6.45) is 1.63. The van der Waals surface area contributed by atoms with Crippen LogP contribution in [0.1, 0.15) is 31.7 Å². The average Bonchev–Trinajstić information content (AvgIpc) is 3.34. The normalized spacial score (nSPS) is 12.1. The second-order valence-corrected chi connectivity index (χ2v) is 10.6. The van der Waals surface area contributed by atoms with Crippen LogP contribution in [0.15, 0.2) is 53.6 Å². The first-order valence-corrected chi connectivity index (χ1v) is 13.8. The Kier molecular flexibility index (Phi) is 9.08. The van der Waals surface area contributed by atoms with Crippen LogP contribution < -0.4 is 10.0 Å². The third-order valence-electron chi connectivity index (χ3n) is 5.31. The number of nitrogens with one attached hydrogen (secondary N) is 2. The zero-order valence-electron chi connectivity index (χ0n) is 20.9. The number of hydrogen-bond donors (Lipinski definition) is 2. The molecule has 0 saturated carbocycles. The molecule has 0 amide bonds. The van der Waals surface area contributed by atoms with Crippen molar-refractivity contribution in [3.05, 3.63) is 71.1 Å². The fourth-order valence-electron chi connectivity index (χ4n) is 3.46. The molecule has 2 heterocycles. The van der Waals surface area contributed by atoms with E-state index in [0.29, 0.717) is 42.7 Å². The number of benzene rings is 2. The molecule has 0 radical (unpaired) electrons. The maximum absolute atomic E-state index is 14.7. The van der Waals surface area contributed by atoms with Gasteiger partial charge in [-0.15, -0.1) is 11.3 Å². The topological polar surface area (TPSA) is 89.0 Å². The van der Waals surface area contributed by atoms with Crippen molar-refractivity contribution in [3.8, 4) is 21.8 Å². The standard InChI is InChI=1S/C26H26F3N5O2S2/c1-4-36-13-12-31-26-30-11-10-20(32-26)23-22(33-25(37-23)15(2)3)16-8-9-17(27)21(14-16)34-38(35)24-18(28)6-5-7-19(24)29/h5-11,14-15,34H,4,12-13H2,1-3H3,(H,30,31,32). The van der Waals surface area contributed by atoms with Crippen LogP contribution in [-0.2, 0) is 15.7 Å². The summed E-state index contributed by atoms with van der Waals surface area (Å²) in [6.45, 7) is 7.60. The molecule has 0 aliphatic rings. The minimum atomic E-state index is -2.38. The smallest absolute Gasteiger partial charge is 0.223 e. The van der Waals surface area contributed by atoms with Crippen molar-refractivity contribution in [1.29, 1.82) is 0 Å². The predicted molar refractivity (Wildman–Crippen MR) is 144 cm³/mol. The van der Waals surface area contributed by atoms with E-state index in [-0.39, 0.29) is 11.6 Å². The van der Waals surface area contributed by atoms with E-state index in [0.717, 1.165) is 28.1 Å². The molecule has 38 heavy (non-hydrogen) atoms. The summed E-state index contributed by atoms with van der Waals surface area (Å²) in [5.74, 6) is -2.18. The Bertz CT molecular complexity index is 1430. The summed E-state index contributed by atoms with van der Waals surface area (Å²) in [5, 5.41) is 3.97. The van der Waals surface area contributed by atoms with Crippen molar-refractivity contribution in [1.82, 2.24) is 15.0 Å². The van der Waals surface area contributed by atoms with Gasteiger partial charge in [-0.3, -0.25) is 4.72 Å². The molecule has 0 saturated heterocycles. The quantitative estimate of drug-likeness (QED) is 0.206. The molecule has 2 aromatic heterocycles. The minimum Gasteiger partial charge on any atom is -0.380 e. The Labute approximate surface area is 225 Å². The van der Waals surface area contributed by atoms with Gasteiger partial charge in [0.1, 0.15) is 22.3 Å². The number of thiazole rings is 1. The van der Waals surface area contributed by atoms with E-state index in [1.807, 2.05) is 20.8 Å². The van der Waals surface area contributed by atoms with Crippen molar-refractivity contribution in [2.75, 3.05) is 29.8 Å². The van der Waals surface area contributed by atoms with E-state index in [1.54, 1.807) is 12.3 Å². The van der Waals surface area contributed by atoms with Gasteiger partial charge in [0.25, 0.3) is 0 Å². The number of rotatable bonds is 11. The lowest BCUT2D eigenvalue weighted by molar-refractivity contribution is 0.158. The monoisotopic (exact) mass is 561 g/mol. The maximum Gasteiger partial charge on any atom is 0.223 e. The largest absolute Gasteiger partial charge is 0.380 e. The second-order valence-electron chi connectivity index (χ2n) is 8.39. The molecule has 2 N–H and O–H groups in total. The first-order valence-electron chi connectivity index (χ1n) is 11.9. The number of halogens is 3. The zero-order chi connectivity index (χ0) is 27.2. The molecule has 2 aromatic carbocycles. The van der Waals surface area contributed by atoms with Gasteiger partial charge in [0.2, 0.25) is 5.95 Å². The summed E-state index contributed by atoms with van der Waals surface area (Å²) >= 11 is 1.45. The van der Waals surface area contributed by atoms with Crippen LogP contribution in [-0.4, -0.2) is 38.9 Å². The number of ether oxygens (including phenoxy) is 1. The van der Waals surface area contributed by atoms with E-state index in [2.05, 4.69) is 20.0 Å². The highest BCUT2D eigenvalue weighted by Gasteiger charge is 2.21. The second kappa shape index (κ2) is 12.5. The molecule has 0 aliphatic carbocycles. The van der Waals surface area contributed by atoms with Crippen LogP contribution in [0.25, 0.3) is 21.8 Å². The summed E-state index contributed by atoms with van der Waals surface area (Å²) in [4.78, 5) is 13.7. The van der Waals surface area contributed by atoms with Crippen molar-refractivity contribution in [2.45, 2.75) is 31.6 Å². The van der Waals surface area contributed by atoms with E-state index < -0.39 is 33.3 Å². The number of nitrogens with zero attached hydrogens (tertiary/aromatic N) is 3. The van der Waals surface area contributed by atoms with Crippen LogP contribution >= 0.6 is 11.3 Å². The number of hydrogen-bond acceptors (Lipinski definition) is 7.